The van der Waals surface area contributed by atoms with E-state index in [0.717, 1.165) is 16.9 Å². The Morgan fingerprint density at radius 1 is 1.03 bits per heavy atom. The Balaban J connectivity index is 1.62. The normalized spacial score (nSPS) is 10.5. The molecule has 1 N–H and O–H groups in total. The summed E-state index contributed by atoms with van der Waals surface area (Å²) in [5, 5.41) is 5.25. The molecule has 0 radical (unpaired) electrons. The largest absolute Gasteiger partial charge is 0.494 e. The van der Waals surface area contributed by atoms with Crippen molar-refractivity contribution in [2.45, 2.75) is 26.7 Å². The summed E-state index contributed by atoms with van der Waals surface area (Å²) in [5.41, 5.74) is 3.24. The van der Waals surface area contributed by atoms with Gasteiger partial charge in [0.25, 0.3) is 0 Å². The van der Waals surface area contributed by atoms with Crippen LogP contribution in [0.3, 0.4) is 0 Å². The van der Waals surface area contributed by atoms with Gasteiger partial charge in [-0.3, -0.25) is 4.79 Å². The highest BCUT2D eigenvalue weighted by Crippen LogP contribution is 2.36. The Kier molecular flexibility index (Phi) is 7.63. The van der Waals surface area contributed by atoms with Crippen molar-refractivity contribution in [3.8, 4) is 16.9 Å². The molecule has 0 saturated heterocycles. The second kappa shape index (κ2) is 10.6. The van der Waals surface area contributed by atoms with Gasteiger partial charge in [-0.15, -0.1) is 11.3 Å². The van der Waals surface area contributed by atoms with Crippen molar-refractivity contribution in [3.63, 3.8) is 0 Å². The highest BCUT2D eigenvalue weighted by molar-refractivity contribution is 7.15. The van der Waals surface area contributed by atoms with E-state index < -0.39 is 5.97 Å². The summed E-state index contributed by atoms with van der Waals surface area (Å²) in [6.45, 7) is 4.50. The summed E-state index contributed by atoms with van der Waals surface area (Å²) in [6.07, 6.45) is 0.873. The number of ether oxygens (including phenoxy) is 2. The summed E-state index contributed by atoms with van der Waals surface area (Å²) >= 11 is 1.33. The van der Waals surface area contributed by atoms with E-state index in [1.54, 1.807) is 6.92 Å². The number of anilines is 1. The third kappa shape index (κ3) is 5.70. The minimum Gasteiger partial charge on any atom is -0.494 e. The van der Waals surface area contributed by atoms with Gasteiger partial charge in [-0.2, -0.15) is 0 Å². The van der Waals surface area contributed by atoms with Gasteiger partial charge in [0.15, 0.2) is 0 Å². The standard InChI is InChI=1S/C24H25NO4S/c1-3-28-24(27)22-20(18-8-5-4-6-9-18)16-30-23(22)25-21(26)10-7-15-29-19-13-11-17(2)12-14-19/h4-6,8-9,11-14,16H,3,7,10,15H2,1-2H3,(H,25,26). The van der Waals surface area contributed by atoms with Crippen LogP contribution >= 0.6 is 11.3 Å². The number of carbonyl (C=O) groups is 2. The minimum atomic E-state index is -0.435. The summed E-state index contributed by atoms with van der Waals surface area (Å²) in [6, 6.07) is 17.4. The molecule has 156 valence electrons. The van der Waals surface area contributed by atoms with E-state index in [9.17, 15) is 9.59 Å². The molecular weight excluding hydrogens is 398 g/mol. The predicted molar refractivity (Wildman–Crippen MR) is 120 cm³/mol. The first kappa shape index (κ1) is 21.6. The quantitative estimate of drug-likeness (QED) is 0.354. The van der Waals surface area contributed by atoms with E-state index in [0.29, 0.717) is 30.0 Å². The predicted octanol–water partition coefficient (Wildman–Crippen LogP) is 5.70. The molecule has 0 fully saturated rings. The number of hydrogen-bond acceptors (Lipinski definition) is 5. The molecule has 0 spiro atoms. The number of carbonyl (C=O) groups excluding carboxylic acids is 2. The second-order valence-electron chi connectivity index (χ2n) is 6.75. The Morgan fingerprint density at radius 3 is 2.47 bits per heavy atom. The molecule has 2 aromatic carbocycles. The maximum atomic E-state index is 12.6. The van der Waals surface area contributed by atoms with Gasteiger partial charge in [0, 0.05) is 17.4 Å². The molecular formula is C24H25NO4S. The van der Waals surface area contributed by atoms with Crippen LogP contribution in [0.25, 0.3) is 11.1 Å². The molecule has 1 heterocycles. The maximum Gasteiger partial charge on any atom is 0.341 e. The molecule has 0 atom stereocenters. The van der Waals surface area contributed by atoms with Gasteiger partial charge in [-0.25, -0.2) is 4.79 Å². The molecule has 0 bridgehead atoms. The molecule has 0 unspecified atom stereocenters. The fourth-order valence-electron chi connectivity index (χ4n) is 2.93. The van der Waals surface area contributed by atoms with Crippen LogP contribution in [0.2, 0.25) is 0 Å². The van der Waals surface area contributed by atoms with E-state index in [2.05, 4.69) is 5.32 Å². The zero-order valence-corrected chi connectivity index (χ0v) is 18.0. The average Bonchev–Trinajstić information content (AvgIpc) is 3.17. The minimum absolute atomic E-state index is 0.158. The van der Waals surface area contributed by atoms with Crippen LogP contribution in [0.5, 0.6) is 5.75 Å². The lowest BCUT2D eigenvalue weighted by Gasteiger charge is -2.09. The van der Waals surface area contributed by atoms with Gasteiger partial charge in [-0.1, -0.05) is 48.0 Å². The van der Waals surface area contributed by atoms with E-state index in [1.807, 2.05) is 66.9 Å². The highest BCUT2D eigenvalue weighted by Gasteiger charge is 2.22. The topological polar surface area (TPSA) is 64.6 Å². The zero-order chi connectivity index (χ0) is 21.3. The molecule has 30 heavy (non-hydrogen) atoms. The van der Waals surface area contributed by atoms with Gasteiger partial charge >= 0.3 is 5.97 Å². The summed E-state index contributed by atoms with van der Waals surface area (Å²) < 4.78 is 10.9. The first-order valence-electron chi connectivity index (χ1n) is 9.92. The van der Waals surface area contributed by atoms with Crippen molar-refractivity contribution >= 4 is 28.2 Å². The van der Waals surface area contributed by atoms with E-state index >= 15 is 0 Å². The Bertz CT molecular complexity index is 980. The first-order chi connectivity index (χ1) is 14.6. The Hall–Kier alpha value is -3.12. The van der Waals surface area contributed by atoms with Crippen LogP contribution in [-0.2, 0) is 9.53 Å². The lowest BCUT2D eigenvalue weighted by molar-refractivity contribution is -0.116. The number of thiophene rings is 1. The van der Waals surface area contributed by atoms with Gasteiger partial charge < -0.3 is 14.8 Å². The number of aryl methyl sites for hydroxylation is 1. The lowest BCUT2D eigenvalue weighted by Crippen LogP contribution is -2.15. The van der Waals surface area contributed by atoms with Crippen LogP contribution < -0.4 is 10.1 Å². The lowest BCUT2D eigenvalue weighted by atomic mass is 10.0. The van der Waals surface area contributed by atoms with Crippen molar-refractivity contribution in [1.29, 1.82) is 0 Å². The molecule has 6 heteroatoms. The number of amides is 1. The number of benzene rings is 2. The molecule has 5 nitrogen and oxygen atoms in total. The van der Waals surface area contributed by atoms with E-state index in [-0.39, 0.29) is 12.5 Å². The number of rotatable bonds is 9. The van der Waals surface area contributed by atoms with Crippen molar-refractivity contribution in [2.24, 2.45) is 0 Å². The zero-order valence-electron chi connectivity index (χ0n) is 17.1. The van der Waals surface area contributed by atoms with E-state index in [4.69, 9.17) is 9.47 Å². The molecule has 0 saturated carbocycles. The van der Waals surface area contributed by atoms with Gasteiger partial charge in [0.1, 0.15) is 16.3 Å². The van der Waals surface area contributed by atoms with Crippen LogP contribution in [-0.4, -0.2) is 25.1 Å². The smallest absolute Gasteiger partial charge is 0.341 e. The molecule has 1 amide bonds. The Morgan fingerprint density at radius 2 is 1.77 bits per heavy atom. The van der Waals surface area contributed by atoms with Crippen LogP contribution in [0.15, 0.2) is 60.0 Å². The molecule has 0 aliphatic heterocycles. The van der Waals surface area contributed by atoms with Gasteiger partial charge in [0.05, 0.1) is 13.2 Å². The second-order valence-corrected chi connectivity index (χ2v) is 7.63. The van der Waals surface area contributed by atoms with Crippen molar-refractivity contribution in [1.82, 2.24) is 0 Å². The van der Waals surface area contributed by atoms with Crippen LogP contribution in [0.1, 0.15) is 35.7 Å². The first-order valence-corrected chi connectivity index (χ1v) is 10.8. The summed E-state index contributed by atoms with van der Waals surface area (Å²) in [5.74, 6) is 0.196. The third-order valence-electron chi connectivity index (χ3n) is 4.45. The van der Waals surface area contributed by atoms with Crippen molar-refractivity contribution in [3.05, 3.63) is 71.1 Å². The van der Waals surface area contributed by atoms with Gasteiger partial charge in [0.2, 0.25) is 5.91 Å². The average molecular weight is 424 g/mol. The van der Waals surface area contributed by atoms with Crippen molar-refractivity contribution in [2.75, 3.05) is 18.5 Å². The van der Waals surface area contributed by atoms with E-state index in [1.165, 1.54) is 16.9 Å². The third-order valence-corrected chi connectivity index (χ3v) is 5.34. The number of esters is 1. The molecule has 3 aromatic rings. The molecule has 0 aliphatic rings. The number of hydrogen-bond donors (Lipinski definition) is 1. The monoisotopic (exact) mass is 423 g/mol. The fourth-order valence-corrected chi connectivity index (χ4v) is 3.91. The summed E-state index contributed by atoms with van der Waals surface area (Å²) in [4.78, 5) is 25.0. The SMILES string of the molecule is CCOC(=O)c1c(-c2ccccc2)csc1NC(=O)CCCOc1ccc(C)cc1. The molecule has 1 aromatic heterocycles. The number of nitrogens with one attached hydrogen (secondary N) is 1. The fraction of sp³-hybridized carbons (Fsp3) is 0.250. The highest BCUT2D eigenvalue weighted by atomic mass is 32.1. The van der Waals surface area contributed by atoms with Crippen LogP contribution in [0, 0.1) is 6.92 Å². The van der Waals surface area contributed by atoms with Crippen molar-refractivity contribution < 1.29 is 19.1 Å². The maximum absolute atomic E-state index is 12.6. The van der Waals surface area contributed by atoms with Crippen LogP contribution in [0.4, 0.5) is 5.00 Å². The molecule has 3 rings (SSSR count). The van der Waals surface area contributed by atoms with Gasteiger partial charge in [-0.05, 0) is 38.0 Å². The Labute approximate surface area is 180 Å². The molecule has 0 aliphatic carbocycles. The summed E-state index contributed by atoms with van der Waals surface area (Å²) in [7, 11) is 0.